The maximum Gasteiger partial charge on any atom is 0.151 e. The van der Waals surface area contributed by atoms with E-state index >= 15 is 0 Å². The highest BCUT2D eigenvalue weighted by Crippen LogP contribution is 2.28. The van der Waals surface area contributed by atoms with Crippen molar-refractivity contribution in [3.63, 3.8) is 0 Å². The molecule has 0 heterocycles. The SMILES string of the molecule is N=C(N)SCc1cccc2cccc(CSC(=N)N)c12. The number of amidine groups is 2. The summed E-state index contributed by atoms with van der Waals surface area (Å²) in [6.07, 6.45) is 0. The van der Waals surface area contributed by atoms with Crippen LogP contribution in [0.4, 0.5) is 0 Å². The molecule has 104 valence electrons. The highest BCUT2D eigenvalue weighted by Gasteiger charge is 2.07. The quantitative estimate of drug-likeness (QED) is 0.515. The van der Waals surface area contributed by atoms with Crippen LogP contribution in [-0.2, 0) is 11.5 Å². The molecule has 0 aliphatic rings. The van der Waals surface area contributed by atoms with Crippen molar-refractivity contribution in [1.82, 2.24) is 0 Å². The first-order valence-corrected chi connectivity index (χ1v) is 7.98. The van der Waals surface area contributed by atoms with Crippen molar-refractivity contribution < 1.29 is 0 Å². The third-order valence-electron chi connectivity index (χ3n) is 2.84. The summed E-state index contributed by atoms with van der Waals surface area (Å²) in [6.45, 7) is 0. The smallest absolute Gasteiger partial charge is 0.151 e. The van der Waals surface area contributed by atoms with E-state index in [1.165, 1.54) is 28.9 Å². The summed E-state index contributed by atoms with van der Waals surface area (Å²) < 4.78 is 0. The van der Waals surface area contributed by atoms with Crippen LogP contribution in [0.1, 0.15) is 11.1 Å². The van der Waals surface area contributed by atoms with E-state index in [1.54, 1.807) is 0 Å². The standard InChI is InChI=1S/C14H16N4S2/c15-13(16)19-7-10-5-1-3-9-4-2-6-11(12(9)10)8-20-14(17)18/h1-6H,7-8H2,(H3,15,16)(H3,17,18). The molecule has 0 bridgehead atoms. The summed E-state index contributed by atoms with van der Waals surface area (Å²) in [5, 5.41) is 17.3. The van der Waals surface area contributed by atoms with E-state index in [-0.39, 0.29) is 10.3 Å². The predicted octanol–water partition coefficient (Wildman–Crippen LogP) is 3.09. The Balaban J connectivity index is 2.40. The molecule has 2 aromatic rings. The van der Waals surface area contributed by atoms with E-state index in [9.17, 15) is 0 Å². The maximum atomic E-state index is 7.33. The summed E-state index contributed by atoms with van der Waals surface area (Å²) >= 11 is 2.64. The first-order chi connectivity index (χ1) is 9.58. The van der Waals surface area contributed by atoms with E-state index in [2.05, 4.69) is 24.3 Å². The first-order valence-electron chi connectivity index (χ1n) is 6.01. The van der Waals surface area contributed by atoms with Gasteiger partial charge in [-0.1, -0.05) is 59.9 Å². The highest BCUT2D eigenvalue weighted by molar-refractivity contribution is 8.13. The van der Waals surface area contributed by atoms with Crippen LogP contribution in [0.15, 0.2) is 36.4 Å². The molecule has 0 saturated heterocycles. The zero-order valence-corrected chi connectivity index (χ0v) is 12.5. The molecular formula is C14H16N4S2. The Bertz CT molecular complexity index is 602. The molecule has 0 unspecified atom stereocenters. The molecule has 0 aliphatic carbocycles. The summed E-state index contributed by atoms with van der Waals surface area (Å²) in [4.78, 5) is 0. The molecule has 6 N–H and O–H groups in total. The van der Waals surface area contributed by atoms with Crippen LogP contribution in [0.2, 0.25) is 0 Å². The van der Waals surface area contributed by atoms with Gasteiger partial charge in [0.05, 0.1) is 0 Å². The van der Waals surface area contributed by atoms with Crippen molar-refractivity contribution in [2.24, 2.45) is 11.5 Å². The number of benzene rings is 2. The minimum atomic E-state index is 0.123. The van der Waals surface area contributed by atoms with Gasteiger partial charge in [0.25, 0.3) is 0 Å². The van der Waals surface area contributed by atoms with Crippen molar-refractivity contribution in [2.75, 3.05) is 0 Å². The molecule has 0 aromatic heterocycles. The molecular weight excluding hydrogens is 288 g/mol. The molecule has 6 heteroatoms. The number of thioether (sulfide) groups is 2. The van der Waals surface area contributed by atoms with Gasteiger partial charge in [-0.3, -0.25) is 10.8 Å². The zero-order chi connectivity index (χ0) is 14.5. The number of hydrogen-bond donors (Lipinski definition) is 4. The lowest BCUT2D eigenvalue weighted by Crippen LogP contribution is -2.05. The molecule has 2 aromatic carbocycles. The van der Waals surface area contributed by atoms with Crippen LogP contribution in [-0.4, -0.2) is 10.3 Å². The lowest BCUT2D eigenvalue weighted by atomic mass is 10.0. The van der Waals surface area contributed by atoms with Gasteiger partial charge in [-0.2, -0.15) is 0 Å². The second-order valence-corrected chi connectivity index (χ2v) is 6.27. The molecule has 0 saturated carbocycles. The van der Waals surface area contributed by atoms with E-state index < -0.39 is 0 Å². The van der Waals surface area contributed by atoms with Crippen molar-refractivity contribution in [3.8, 4) is 0 Å². The van der Waals surface area contributed by atoms with E-state index in [4.69, 9.17) is 22.3 Å². The molecule has 0 atom stereocenters. The van der Waals surface area contributed by atoms with Gasteiger partial charge in [-0.15, -0.1) is 0 Å². The van der Waals surface area contributed by atoms with Gasteiger partial charge in [0.2, 0.25) is 0 Å². The zero-order valence-electron chi connectivity index (χ0n) is 10.8. The molecule has 0 amide bonds. The van der Waals surface area contributed by atoms with E-state index in [1.807, 2.05) is 12.1 Å². The van der Waals surface area contributed by atoms with E-state index in [0.717, 1.165) is 16.5 Å². The number of nitrogens with two attached hydrogens (primary N) is 2. The van der Waals surface area contributed by atoms with Crippen molar-refractivity contribution in [3.05, 3.63) is 47.5 Å². The Morgan fingerprint density at radius 3 is 1.70 bits per heavy atom. The third kappa shape index (κ3) is 3.68. The Morgan fingerprint density at radius 1 is 0.850 bits per heavy atom. The fourth-order valence-electron chi connectivity index (χ4n) is 2.05. The maximum absolute atomic E-state index is 7.33. The van der Waals surface area contributed by atoms with Gasteiger partial charge >= 0.3 is 0 Å². The molecule has 0 radical (unpaired) electrons. The van der Waals surface area contributed by atoms with Crippen molar-refractivity contribution in [1.29, 1.82) is 10.8 Å². The summed E-state index contributed by atoms with van der Waals surface area (Å²) in [5.41, 5.74) is 13.1. The average Bonchev–Trinajstić information content (AvgIpc) is 2.42. The van der Waals surface area contributed by atoms with Crippen molar-refractivity contribution >= 4 is 44.6 Å². The molecule has 20 heavy (non-hydrogen) atoms. The first kappa shape index (κ1) is 14.7. The largest absolute Gasteiger partial charge is 0.379 e. The average molecular weight is 304 g/mol. The van der Waals surface area contributed by atoms with Crippen LogP contribution in [0.5, 0.6) is 0 Å². The van der Waals surface area contributed by atoms with Gasteiger partial charge in [0.1, 0.15) is 0 Å². The van der Waals surface area contributed by atoms with Gasteiger partial charge in [0.15, 0.2) is 10.3 Å². The van der Waals surface area contributed by atoms with Gasteiger partial charge in [-0.05, 0) is 21.9 Å². The number of fused-ring (bicyclic) bond motifs is 1. The fourth-order valence-corrected chi connectivity index (χ4v) is 3.16. The van der Waals surface area contributed by atoms with Gasteiger partial charge in [-0.25, -0.2) is 0 Å². The minimum Gasteiger partial charge on any atom is -0.379 e. The third-order valence-corrected chi connectivity index (χ3v) is 4.38. The highest BCUT2D eigenvalue weighted by atomic mass is 32.2. The number of nitrogens with one attached hydrogen (secondary N) is 2. The molecule has 0 fully saturated rings. The number of rotatable bonds is 4. The Labute approximate surface area is 126 Å². The van der Waals surface area contributed by atoms with Crippen LogP contribution in [0.3, 0.4) is 0 Å². The van der Waals surface area contributed by atoms with Crippen LogP contribution < -0.4 is 11.5 Å². The molecule has 4 nitrogen and oxygen atoms in total. The second kappa shape index (κ2) is 6.67. The summed E-state index contributed by atoms with van der Waals surface area (Å²) in [7, 11) is 0. The predicted molar refractivity (Wildman–Crippen MR) is 90.4 cm³/mol. The van der Waals surface area contributed by atoms with Crippen LogP contribution in [0, 0.1) is 10.8 Å². The van der Waals surface area contributed by atoms with Crippen LogP contribution >= 0.6 is 23.5 Å². The normalized spacial score (nSPS) is 10.6. The summed E-state index contributed by atoms with van der Waals surface area (Å²) in [6, 6.07) is 12.3. The molecule has 2 rings (SSSR count). The topological polar surface area (TPSA) is 99.7 Å². The fraction of sp³-hybridized carbons (Fsp3) is 0.143. The van der Waals surface area contributed by atoms with E-state index in [0.29, 0.717) is 11.5 Å². The Morgan fingerprint density at radius 2 is 1.30 bits per heavy atom. The summed E-state index contributed by atoms with van der Waals surface area (Å²) in [5.74, 6) is 1.35. The Hall–Kier alpha value is -1.66. The molecule has 0 spiro atoms. The lowest BCUT2D eigenvalue weighted by Gasteiger charge is -2.11. The van der Waals surface area contributed by atoms with Crippen molar-refractivity contribution in [2.45, 2.75) is 11.5 Å². The molecule has 0 aliphatic heterocycles. The second-order valence-electron chi connectivity index (χ2n) is 4.24. The lowest BCUT2D eigenvalue weighted by molar-refractivity contribution is 1.40. The van der Waals surface area contributed by atoms with Gasteiger partial charge < -0.3 is 11.5 Å². The minimum absolute atomic E-state index is 0.123. The monoisotopic (exact) mass is 304 g/mol. The van der Waals surface area contributed by atoms with Crippen LogP contribution in [0.25, 0.3) is 10.8 Å². The number of hydrogen-bond acceptors (Lipinski definition) is 4. The van der Waals surface area contributed by atoms with Gasteiger partial charge in [0, 0.05) is 11.5 Å². The Kier molecular flexibility index (Phi) is 4.92.